The number of aromatic nitrogens is 3. The minimum Gasteiger partial charge on any atom is -0.337 e. The number of hydrogen-bond acceptors (Lipinski definition) is 5. The second-order valence-electron chi connectivity index (χ2n) is 7.83. The van der Waals surface area contributed by atoms with Gasteiger partial charge in [0.1, 0.15) is 6.04 Å². The number of rotatable bonds is 5. The molecule has 6 heteroatoms. The van der Waals surface area contributed by atoms with Crippen LogP contribution in [0.15, 0.2) is 29.0 Å². The van der Waals surface area contributed by atoms with E-state index in [0.717, 1.165) is 50.1 Å². The van der Waals surface area contributed by atoms with Crippen molar-refractivity contribution in [1.82, 2.24) is 20.0 Å². The van der Waals surface area contributed by atoms with Crippen LogP contribution >= 0.6 is 0 Å². The maximum absolute atomic E-state index is 13.0. The van der Waals surface area contributed by atoms with Gasteiger partial charge in [-0.3, -0.25) is 9.78 Å². The number of nitrogens with zero attached hydrogens (tertiary/aromatic N) is 4. The first-order valence-electron chi connectivity index (χ1n) is 10.3. The molecule has 2 aromatic heterocycles. The van der Waals surface area contributed by atoms with Gasteiger partial charge in [-0.25, -0.2) is 0 Å². The number of amides is 1. The summed E-state index contributed by atoms with van der Waals surface area (Å²) in [4.78, 5) is 23.6. The third-order valence-corrected chi connectivity index (χ3v) is 5.98. The first-order chi connectivity index (χ1) is 13.3. The third kappa shape index (κ3) is 4.37. The molecule has 2 aliphatic rings. The van der Waals surface area contributed by atoms with Gasteiger partial charge >= 0.3 is 0 Å². The number of hydrogen-bond donors (Lipinski definition) is 0. The summed E-state index contributed by atoms with van der Waals surface area (Å²) in [7, 11) is 0. The standard InChI is InChI=1S/C21H28N4O2/c26-19(10-9-16-6-3-4-7-16)25-15-5-1-2-8-18(25)21-23-20(24-27-21)17-11-13-22-14-12-17/h11-14,16,18H,1-10,15H2. The Morgan fingerprint density at radius 3 is 2.67 bits per heavy atom. The van der Waals surface area contributed by atoms with Crippen molar-refractivity contribution in [2.75, 3.05) is 6.54 Å². The van der Waals surface area contributed by atoms with E-state index in [-0.39, 0.29) is 11.9 Å². The van der Waals surface area contributed by atoms with Gasteiger partial charge in [0, 0.05) is 30.9 Å². The number of likely N-dealkylation sites (tertiary alicyclic amines) is 1. The highest BCUT2D eigenvalue weighted by atomic mass is 16.5. The zero-order valence-electron chi connectivity index (χ0n) is 15.8. The van der Waals surface area contributed by atoms with Crippen molar-refractivity contribution >= 4 is 5.91 Å². The minimum atomic E-state index is -0.0911. The van der Waals surface area contributed by atoms with Gasteiger partial charge in [-0.15, -0.1) is 0 Å². The van der Waals surface area contributed by atoms with Crippen molar-refractivity contribution in [2.24, 2.45) is 5.92 Å². The lowest BCUT2D eigenvalue weighted by molar-refractivity contribution is -0.134. The van der Waals surface area contributed by atoms with E-state index in [9.17, 15) is 4.79 Å². The van der Waals surface area contributed by atoms with Crippen molar-refractivity contribution in [3.63, 3.8) is 0 Å². The van der Waals surface area contributed by atoms with E-state index in [1.165, 1.54) is 25.7 Å². The molecule has 1 saturated heterocycles. The highest BCUT2D eigenvalue weighted by Crippen LogP contribution is 2.33. The average Bonchev–Trinajstić information content (AvgIpc) is 3.35. The van der Waals surface area contributed by atoms with Gasteiger partial charge in [-0.05, 0) is 37.3 Å². The molecule has 0 spiro atoms. The normalized spacial score (nSPS) is 21.3. The summed E-state index contributed by atoms with van der Waals surface area (Å²) in [6.07, 6.45) is 14.5. The van der Waals surface area contributed by atoms with Crippen molar-refractivity contribution in [3.8, 4) is 11.4 Å². The molecule has 0 bridgehead atoms. The zero-order valence-corrected chi connectivity index (χ0v) is 15.8. The monoisotopic (exact) mass is 368 g/mol. The van der Waals surface area contributed by atoms with E-state index in [1.54, 1.807) is 12.4 Å². The summed E-state index contributed by atoms with van der Waals surface area (Å²) in [6, 6.07) is 3.64. The molecule has 0 aromatic carbocycles. The molecule has 1 amide bonds. The zero-order chi connectivity index (χ0) is 18.5. The molecule has 27 heavy (non-hydrogen) atoms. The van der Waals surface area contributed by atoms with Gasteiger partial charge in [0.15, 0.2) is 0 Å². The molecule has 4 rings (SSSR count). The molecule has 2 fully saturated rings. The fraction of sp³-hybridized carbons (Fsp3) is 0.619. The Kier molecular flexibility index (Phi) is 5.80. The lowest BCUT2D eigenvalue weighted by Crippen LogP contribution is -2.35. The quantitative estimate of drug-likeness (QED) is 0.774. The van der Waals surface area contributed by atoms with Crippen LogP contribution in [-0.2, 0) is 4.79 Å². The molecule has 1 saturated carbocycles. The van der Waals surface area contributed by atoms with Gasteiger partial charge < -0.3 is 9.42 Å². The fourth-order valence-electron chi connectivity index (χ4n) is 4.42. The number of carbonyl (C=O) groups is 1. The van der Waals surface area contributed by atoms with Crippen molar-refractivity contribution < 1.29 is 9.32 Å². The van der Waals surface area contributed by atoms with Gasteiger partial charge in [0.25, 0.3) is 0 Å². The van der Waals surface area contributed by atoms with Crippen LogP contribution in [0.3, 0.4) is 0 Å². The highest BCUT2D eigenvalue weighted by molar-refractivity contribution is 5.76. The van der Waals surface area contributed by atoms with Crippen LogP contribution in [0.1, 0.15) is 76.1 Å². The van der Waals surface area contributed by atoms with Crippen molar-refractivity contribution in [3.05, 3.63) is 30.4 Å². The van der Waals surface area contributed by atoms with E-state index in [2.05, 4.69) is 15.1 Å². The third-order valence-electron chi connectivity index (χ3n) is 5.98. The predicted octanol–water partition coefficient (Wildman–Crippen LogP) is 4.55. The van der Waals surface area contributed by atoms with Crippen molar-refractivity contribution in [2.45, 2.75) is 70.3 Å². The number of carbonyl (C=O) groups excluding carboxylic acids is 1. The predicted molar refractivity (Wildman–Crippen MR) is 102 cm³/mol. The summed E-state index contributed by atoms with van der Waals surface area (Å²) in [5.74, 6) is 2.12. The van der Waals surface area contributed by atoms with E-state index in [4.69, 9.17) is 4.52 Å². The van der Waals surface area contributed by atoms with Crippen LogP contribution in [0, 0.1) is 5.92 Å². The van der Waals surface area contributed by atoms with E-state index in [0.29, 0.717) is 18.1 Å². The molecule has 6 nitrogen and oxygen atoms in total. The second-order valence-corrected chi connectivity index (χ2v) is 7.83. The Morgan fingerprint density at radius 2 is 1.85 bits per heavy atom. The lowest BCUT2D eigenvalue weighted by Gasteiger charge is -2.28. The Labute approximate surface area is 160 Å². The van der Waals surface area contributed by atoms with Crippen molar-refractivity contribution in [1.29, 1.82) is 0 Å². The maximum Gasteiger partial charge on any atom is 0.249 e. The Balaban J connectivity index is 1.48. The first-order valence-corrected chi connectivity index (χ1v) is 10.3. The summed E-state index contributed by atoms with van der Waals surface area (Å²) in [5, 5.41) is 4.14. The molecule has 1 aliphatic heterocycles. The Hall–Kier alpha value is -2.24. The first kappa shape index (κ1) is 18.1. The molecule has 3 heterocycles. The average molecular weight is 368 g/mol. The van der Waals surface area contributed by atoms with E-state index >= 15 is 0 Å². The fourth-order valence-corrected chi connectivity index (χ4v) is 4.42. The SMILES string of the molecule is O=C(CCC1CCCC1)N1CCCCCC1c1nc(-c2ccncc2)no1. The van der Waals surface area contributed by atoms with Gasteiger partial charge in [0.05, 0.1) is 0 Å². The molecular formula is C21H28N4O2. The topological polar surface area (TPSA) is 72.1 Å². The van der Waals surface area contributed by atoms with Crippen LogP contribution < -0.4 is 0 Å². The van der Waals surface area contributed by atoms with E-state index in [1.807, 2.05) is 17.0 Å². The molecule has 2 aromatic rings. The molecule has 1 atom stereocenters. The Morgan fingerprint density at radius 1 is 1.07 bits per heavy atom. The maximum atomic E-state index is 13.0. The summed E-state index contributed by atoms with van der Waals surface area (Å²) < 4.78 is 5.60. The lowest BCUT2D eigenvalue weighted by atomic mass is 10.0. The van der Waals surface area contributed by atoms with Crippen LogP contribution in [0.2, 0.25) is 0 Å². The van der Waals surface area contributed by atoms with E-state index < -0.39 is 0 Å². The largest absolute Gasteiger partial charge is 0.337 e. The molecular weight excluding hydrogens is 340 g/mol. The molecule has 0 N–H and O–H groups in total. The van der Waals surface area contributed by atoms with Gasteiger partial charge in [-0.2, -0.15) is 4.98 Å². The van der Waals surface area contributed by atoms with Crippen LogP contribution in [-0.4, -0.2) is 32.5 Å². The van der Waals surface area contributed by atoms with Crippen LogP contribution in [0.25, 0.3) is 11.4 Å². The number of pyridine rings is 1. The summed E-state index contributed by atoms with van der Waals surface area (Å²) in [6.45, 7) is 0.793. The molecule has 1 unspecified atom stereocenters. The highest BCUT2D eigenvalue weighted by Gasteiger charge is 2.31. The second kappa shape index (κ2) is 8.63. The smallest absolute Gasteiger partial charge is 0.249 e. The summed E-state index contributed by atoms with van der Waals surface area (Å²) in [5.41, 5.74) is 0.882. The molecule has 144 valence electrons. The molecule has 0 radical (unpaired) electrons. The Bertz CT molecular complexity index is 740. The molecule has 1 aliphatic carbocycles. The summed E-state index contributed by atoms with van der Waals surface area (Å²) >= 11 is 0. The van der Waals surface area contributed by atoms with Crippen LogP contribution in [0.4, 0.5) is 0 Å². The van der Waals surface area contributed by atoms with Crippen LogP contribution in [0.5, 0.6) is 0 Å². The van der Waals surface area contributed by atoms with Gasteiger partial charge in [-0.1, -0.05) is 43.7 Å². The minimum absolute atomic E-state index is 0.0911. The van der Waals surface area contributed by atoms with Gasteiger partial charge in [0.2, 0.25) is 17.6 Å².